The highest BCUT2D eigenvalue weighted by molar-refractivity contribution is 9.10. The monoisotopic (exact) mass is 462 g/mol. The molecule has 3 aromatic rings. The maximum absolute atomic E-state index is 12.1. The van der Waals surface area contributed by atoms with E-state index in [1.807, 2.05) is 24.3 Å². The molecule has 1 aromatic carbocycles. The fourth-order valence-electron chi connectivity index (χ4n) is 2.53. The van der Waals surface area contributed by atoms with E-state index in [9.17, 15) is 14.9 Å². The zero-order chi connectivity index (χ0) is 20.8. The molecule has 152 valence electrons. The first-order chi connectivity index (χ1) is 13.9. The molecule has 0 fully saturated rings. The van der Waals surface area contributed by atoms with Crippen LogP contribution in [-0.2, 0) is 24.5 Å². The van der Waals surface area contributed by atoms with Gasteiger partial charge in [-0.05, 0) is 45.0 Å². The van der Waals surface area contributed by atoms with Gasteiger partial charge in [0.15, 0.2) is 6.73 Å². The highest BCUT2D eigenvalue weighted by Crippen LogP contribution is 2.22. The Hall–Kier alpha value is -3.21. The molecular formula is C18H19BrN6O4. The van der Waals surface area contributed by atoms with Crippen molar-refractivity contribution in [3.8, 4) is 5.75 Å². The van der Waals surface area contributed by atoms with E-state index in [0.29, 0.717) is 5.69 Å². The van der Waals surface area contributed by atoms with Crippen molar-refractivity contribution in [2.24, 2.45) is 0 Å². The van der Waals surface area contributed by atoms with Gasteiger partial charge in [-0.15, -0.1) is 0 Å². The summed E-state index contributed by atoms with van der Waals surface area (Å²) in [5, 5.41) is 21.5. The van der Waals surface area contributed by atoms with E-state index >= 15 is 0 Å². The van der Waals surface area contributed by atoms with Crippen LogP contribution in [0.1, 0.15) is 18.9 Å². The van der Waals surface area contributed by atoms with Crippen molar-refractivity contribution in [2.45, 2.75) is 33.0 Å². The van der Waals surface area contributed by atoms with Crippen LogP contribution in [0.5, 0.6) is 5.75 Å². The molecule has 0 aliphatic heterocycles. The molecule has 0 unspecified atom stereocenters. The van der Waals surface area contributed by atoms with Gasteiger partial charge in [-0.25, -0.2) is 4.68 Å². The summed E-state index contributed by atoms with van der Waals surface area (Å²) in [6.07, 6.45) is 5.73. The van der Waals surface area contributed by atoms with Gasteiger partial charge in [-0.2, -0.15) is 9.78 Å². The summed E-state index contributed by atoms with van der Waals surface area (Å²) in [6, 6.07) is 7.83. The van der Waals surface area contributed by atoms with Crippen molar-refractivity contribution in [2.75, 3.05) is 5.32 Å². The predicted molar refractivity (Wildman–Crippen MR) is 109 cm³/mol. The lowest BCUT2D eigenvalue weighted by molar-refractivity contribution is -0.390. The molecule has 0 aliphatic rings. The van der Waals surface area contributed by atoms with Gasteiger partial charge in [0.2, 0.25) is 5.91 Å². The van der Waals surface area contributed by atoms with Crippen LogP contribution in [0.3, 0.4) is 0 Å². The van der Waals surface area contributed by atoms with E-state index in [0.717, 1.165) is 12.2 Å². The predicted octanol–water partition coefficient (Wildman–Crippen LogP) is 3.38. The quantitative estimate of drug-likeness (QED) is 0.384. The minimum atomic E-state index is -0.588. The Morgan fingerprint density at radius 2 is 2.03 bits per heavy atom. The number of ether oxygens (including phenoxy) is 1. The fourth-order valence-corrected chi connectivity index (χ4v) is 2.99. The number of benzene rings is 1. The Balaban J connectivity index is 1.47. The number of carbonyl (C=O) groups is 1. The number of hydrogen-bond acceptors (Lipinski definition) is 6. The van der Waals surface area contributed by atoms with Crippen LogP contribution in [0.4, 0.5) is 11.5 Å². The van der Waals surface area contributed by atoms with Crippen LogP contribution >= 0.6 is 15.9 Å². The third-order valence-corrected chi connectivity index (χ3v) is 4.61. The molecule has 0 atom stereocenters. The van der Waals surface area contributed by atoms with Gasteiger partial charge < -0.3 is 20.2 Å². The number of nitrogens with one attached hydrogen (secondary N) is 1. The smallest absolute Gasteiger partial charge is 0.404 e. The molecule has 1 N–H and O–H groups in total. The number of anilines is 1. The maximum Gasteiger partial charge on any atom is 0.404 e. The number of hydrogen-bond donors (Lipinski definition) is 1. The number of aryl methyl sites for hydroxylation is 2. The van der Waals surface area contributed by atoms with Gasteiger partial charge in [0, 0.05) is 6.42 Å². The van der Waals surface area contributed by atoms with Gasteiger partial charge in [0.05, 0.1) is 35.9 Å². The SMILES string of the molecule is CCc1ccc(OCn2cc(NC(=O)CCn3cc(Br)c([N+](=O)[O-])n3)cn2)cc1. The van der Waals surface area contributed by atoms with Crippen LogP contribution in [0.2, 0.25) is 0 Å². The molecule has 11 heteroatoms. The summed E-state index contributed by atoms with van der Waals surface area (Å²) >= 11 is 3.07. The van der Waals surface area contributed by atoms with E-state index in [1.54, 1.807) is 10.9 Å². The van der Waals surface area contributed by atoms with Crippen molar-refractivity contribution in [3.63, 3.8) is 0 Å². The average Bonchev–Trinajstić information content (AvgIpc) is 3.31. The van der Waals surface area contributed by atoms with Crippen molar-refractivity contribution in [3.05, 3.63) is 63.0 Å². The molecule has 0 bridgehead atoms. The molecule has 0 radical (unpaired) electrons. The number of aromatic nitrogens is 4. The first kappa shape index (κ1) is 20.5. The van der Waals surface area contributed by atoms with Crippen LogP contribution in [0.25, 0.3) is 0 Å². The molecule has 0 spiro atoms. The minimum absolute atomic E-state index is 0.108. The minimum Gasteiger partial charge on any atom is -0.471 e. The van der Waals surface area contributed by atoms with Gasteiger partial charge in [-0.3, -0.25) is 4.79 Å². The lowest BCUT2D eigenvalue weighted by atomic mass is 10.2. The van der Waals surface area contributed by atoms with Gasteiger partial charge in [0.1, 0.15) is 10.2 Å². The molecule has 0 saturated heterocycles. The molecule has 2 aromatic heterocycles. The van der Waals surface area contributed by atoms with Gasteiger partial charge >= 0.3 is 5.82 Å². The van der Waals surface area contributed by atoms with Crippen LogP contribution < -0.4 is 10.1 Å². The Kier molecular flexibility index (Phi) is 6.60. The number of amides is 1. The van der Waals surface area contributed by atoms with E-state index in [2.05, 4.69) is 38.4 Å². The molecular weight excluding hydrogens is 444 g/mol. The number of nitro groups is 1. The van der Waals surface area contributed by atoms with E-state index in [1.165, 1.54) is 22.6 Å². The number of carbonyl (C=O) groups excluding carboxylic acids is 1. The Morgan fingerprint density at radius 3 is 2.69 bits per heavy atom. The third kappa shape index (κ3) is 5.64. The average molecular weight is 463 g/mol. The second kappa shape index (κ2) is 9.32. The number of rotatable bonds is 9. The number of nitrogens with zero attached hydrogens (tertiary/aromatic N) is 5. The van der Waals surface area contributed by atoms with Crippen LogP contribution in [-0.4, -0.2) is 30.4 Å². The normalized spacial score (nSPS) is 10.7. The van der Waals surface area contributed by atoms with Crippen molar-refractivity contribution in [1.82, 2.24) is 19.6 Å². The van der Waals surface area contributed by atoms with E-state index < -0.39 is 4.92 Å². The molecule has 2 heterocycles. The maximum atomic E-state index is 12.1. The Morgan fingerprint density at radius 1 is 1.28 bits per heavy atom. The van der Waals surface area contributed by atoms with E-state index in [4.69, 9.17) is 4.74 Å². The molecule has 10 nitrogen and oxygen atoms in total. The molecule has 0 saturated carbocycles. The topological polar surface area (TPSA) is 117 Å². The van der Waals surface area contributed by atoms with E-state index in [-0.39, 0.29) is 35.9 Å². The summed E-state index contributed by atoms with van der Waals surface area (Å²) in [5.74, 6) is 0.202. The zero-order valence-corrected chi connectivity index (χ0v) is 17.2. The summed E-state index contributed by atoms with van der Waals surface area (Å²) in [7, 11) is 0. The Labute approximate surface area is 174 Å². The van der Waals surface area contributed by atoms with Crippen molar-refractivity contribution >= 4 is 33.3 Å². The number of halogens is 1. The zero-order valence-electron chi connectivity index (χ0n) is 15.6. The summed E-state index contributed by atoms with van der Waals surface area (Å²) in [4.78, 5) is 22.3. The largest absolute Gasteiger partial charge is 0.471 e. The summed E-state index contributed by atoms with van der Waals surface area (Å²) in [6.45, 7) is 2.52. The first-order valence-electron chi connectivity index (χ1n) is 8.86. The highest BCUT2D eigenvalue weighted by Gasteiger charge is 2.18. The van der Waals surface area contributed by atoms with Gasteiger partial charge in [0.25, 0.3) is 0 Å². The lowest BCUT2D eigenvalue weighted by Gasteiger charge is -2.06. The lowest BCUT2D eigenvalue weighted by Crippen LogP contribution is -2.14. The van der Waals surface area contributed by atoms with Crippen LogP contribution in [0.15, 0.2) is 47.3 Å². The standard InChI is InChI=1S/C18H19BrN6O4/c1-2-13-3-5-15(6-4-13)29-12-24-10-14(9-20-24)21-17(26)7-8-23-11-16(19)18(22-23)25(27)28/h3-6,9-11H,2,7-8,12H2,1H3,(H,21,26). The third-order valence-electron chi connectivity index (χ3n) is 4.05. The highest BCUT2D eigenvalue weighted by atomic mass is 79.9. The summed E-state index contributed by atoms with van der Waals surface area (Å²) < 4.78 is 8.85. The van der Waals surface area contributed by atoms with Crippen LogP contribution in [0, 0.1) is 10.1 Å². The van der Waals surface area contributed by atoms with Gasteiger partial charge in [-0.1, -0.05) is 19.1 Å². The second-order valence-corrected chi connectivity index (χ2v) is 7.01. The van der Waals surface area contributed by atoms with Crippen molar-refractivity contribution < 1.29 is 14.5 Å². The molecule has 3 rings (SSSR count). The molecule has 1 amide bonds. The van der Waals surface area contributed by atoms with Crippen molar-refractivity contribution in [1.29, 1.82) is 0 Å². The Bertz CT molecular complexity index is 998. The molecule has 0 aliphatic carbocycles. The first-order valence-corrected chi connectivity index (χ1v) is 9.65. The molecule has 29 heavy (non-hydrogen) atoms. The summed E-state index contributed by atoms with van der Waals surface area (Å²) in [5.41, 5.74) is 1.77. The second-order valence-electron chi connectivity index (χ2n) is 6.16. The fraction of sp³-hybridized carbons (Fsp3) is 0.278.